The average molecular weight is 306 g/mol. The topological polar surface area (TPSA) is 41.5 Å². The van der Waals surface area contributed by atoms with Crippen LogP contribution < -0.4 is 10.1 Å². The summed E-state index contributed by atoms with van der Waals surface area (Å²) in [6.45, 7) is 4.55. The lowest BCUT2D eigenvalue weighted by Gasteiger charge is -2.12. The molecule has 2 aromatic carbocycles. The first-order valence-corrected chi connectivity index (χ1v) is 7.45. The lowest BCUT2D eigenvalue weighted by atomic mass is 10.1. The van der Waals surface area contributed by atoms with Gasteiger partial charge in [0.05, 0.1) is 12.0 Å². The summed E-state index contributed by atoms with van der Waals surface area (Å²) >= 11 is 5.55. The van der Waals surface area contributed by atoms with E-state index < -0.39 is 6.10 Å². The lowest BCUT2D eigenvalue weighted by molar-refractivity contribution is 0.211. The zero-order valence-electron chi connectivity index (χ0n) is 12.3. The Morgan fingerprint density at radius 1 is 1.14 bits per heavy atom. The van der Waals surface area contributed by atoms with Crippen molar-refractivity contribution in [3.8, 4) is 11.5 Å². The fourth-order valence-corrected chi connectivity index (χ4v) is 2.00. The van der Waals surface area contributed by atoms with Gasteiger partial charge in [-0.2, -0.15) is 0 Å². The van der Waals surface area contributed by atoms with Gasteiger partial charge >= 0.3 is 0 Å². The van der Waals surface area contributed by atoms with Crippen molar-refractivity contribution in [2.75, 3.05) is 17.7 Å². The van der Waals surface area contributed by atoms with Gasteiger partial charge in [0, 0.05) is 12.2 Å². The van der Waals surface area contributed by atoms with Gasteiger partial charge in [0.25, 0.3) is 0 Å². The number of ether oxygens (including phenoxy) is 1. The van der Waals surface area contributed by atoms with Gasteiger partial charge in [0.15, 0.2) is 0 Å². The second-order valence-corrected chi connectivity index (χ2v) is 5.32. The van der Waals surface area contributed by atoms with E-state index in [1.54, 1.807) is 0 Å². The number of hydrogen-bond donors (Lipinski definition) is 2. The third kappa shape index (κ3) is 4.38. The monoisotopic (exact) mass is 305 g/mol. The molecule has 0 aliphatic rings. The fraction of sp³-hybridized carbons (Fsp3) is 0.294. The van der Waals surface area contributed by atoms with E-state index in [1.165, 1.54) is 5.56 Å². The summed E-state index contributed by atoms with van der Waals surface area (Å²) in [6, 6.07) is 13.7. The Hall–Kier alpha value is -1.71. The van der Waals surface area contributed by atoms with Crippen molar-refractivity contribution in [3.05, 3.63) is 53.6 Å². The Kier molecular flexibility index (Phi) is 5.48. The second-order valence-electron chi connectivity index (χ2n) is 5.01. The molecular weight excluding hydrogens is 286 g/mol. The van der Waals surface area contributed by atoms with Gasteiger partial charge in [-0.1, -0.05) is 12.1 Å². The van der Waals surface area contributed by atoms with Crippen LogP contribution >= 0.6 is 11.6 Å². The predicted molar refractivity (Wildman–Crippen MR) is 87.6 cm³/mol. The van der Waals surface area contributed by atoms with Crippen LogP contribution in [0.25, 0.3) is 0 Å². The van der Waals surface area contributed by atoms with Crippen LogP contribution in [0.1, 0.15) is 11.1 Å². The van der Waals surface area contributed by atoms with Crippen LogP contribution in [0, 0.1) is 13.8 Å². The summed E-state index contributed by atoms with van der Waals surface area (Å²) in [5.41, 5.74) is 3.28. The van der Waals surface area contributed by atoms with Crippen LogP contribution in [0.5, 0.6) is 11.5 Å². The lowest BCUT2D eigenvalue weighted by Crippen LogP contribution is -2.20. The maximum Gasteiger partial charge on any atom is 0.130 e. The summed E-state index contributed by atoms with van der Waals surface area (Å²) in [4.78, 5) is 0. The Bertz CT molecular complexity index is 584. The molecule has 2 N–H and O–H groups in total. The molecule has 2 rings (SSSR count). The molecule has 21 heavy (non-hydrogen) atoms. The largest absolute Gasteiger partial charge is 0.457 e. The Morgan fingerprint density at radius 3 is 2.52 bits per heavy atom. The predicted octanol–water partition coefficient (Wildman–Crippen LogP) is 4.11. The third-order valence-corrected chi connectivity index (χ3v) is 3.71. The number of anilines is 1. The molecule has 0 fully saturated rings. The molecule has 0 aromatic heterocycles. The van der Waals surface area contributed by atoms with E-state index in [9.17, 15) is 5.11 Å². The summed E-state index contributed by atoms with van der Waals surface area (Å²) in [6.07, 6.45) is -0.544. The van der Waals surface area contributed by atoms with E-state index in [4.69, 9.17) is 16.3 Å². The number of aliphatic hydroxyl groups is 1. The minimum Gasteiger partial charge on any atom is -0.457 e. The number of aliphatic hydroxyl groups excluding tert-OH is 1. The quantitative estimate of drug-likeness (QED) is 0.789. The van der Waals surface area contributed by atoms with E-state index in [1.807, 2.05) is 43.3 Å². The van der Waals surface area contributed by atoms with Crippen molar-refractivity contribution >= 4 is 17.3 Å². The zero-order valence-corrected chi connectivity index (χ0v) is 13.0. The highest BCUT2D eigenvalue weighted by molar-refractivity contribution is 6.18. The first-order chi connectivity index (χ1) is 10.1. The third-order valence-electron chi connectivity index (χ3n) is 3.36. The van der Waals surface area contributed by atoms with Gasteiger partial charge in [-0.15, -0.1) is 11.6 Å². The Labute approximate surface area is 130 Å². The minimum atomic E-state index is -0.544. The maximum absolute atomic E-state index is 9.41. The molecule has 1 unspecified atom stereocenters. The van der Waals surface area contributed by atoms with Crippen LogP contribution in [0.4, 0.5) is 5.69 Å². The SMILES string of the molecule is Cc1cccc(Oc2ccc(NCC(O)CCl)cc2)c1C. The zero-order chi connectivity index (χ0) is 15.2. The van der Waals surface area contributed by atoms with E-state index in [2.05, 4.69) is 18.3 Å². The number of rotatable bonds is 6. The smallest absolute Gasteiger partial charge is 0.130 e. The van der Waals surface area contributed by atoms with Crippen LogP contribution in [0.3, 0.4) is 0 Å². The van der Waals surface area contributed by atoms with Gasteiger partial charge in [-0.25, -0.2) is 0 Å². The first-order valence-electron chi connectivity index (χ1n) is 6.92. The van der Waals surface area contributed by atoms with Crippen LogP contribution in [-0.4, -0.2) is 23.6 Å². The number of halogens is 1. The molecule has 3 nitrogen and oxygen atoms in total. The van der Waals surface area contributed by atoms with Crippen molar-refractivity contribution in [3.63, 3.8) is 0 Å². The van der Waals surface area contributed by atoms with Crippen molar-refractivity contribution < 1.29 is 9.84 Å². The first kappa shape index (κ1) is 15.7. The standard InChI is InChI=1S/C17H20ClNO2/c1-12-4-3-5-17(13(12)2)21-16-8-6-14(7-9-16)19-11-15(20)10-18/h3-9,15,19-20H,10-11H2,1-2H3. The molecule has 0 amide bonds. The number of aryl methyl sites for hydroxylation is 1. The van der Waals surface area contributed by atoms with Crippen molar-refractivity contribution in [1.82, 2.24) is 0 Å². The van der Waals surface area contributed by atoms with Crippen LogP contribution in [-0.2, 0) is 0 Å². The van der Waals surface area contributed by atoms with Crippen molar-refractivity contribution in [1.29, 1.82) is 0 Å². The van der Waals surface area contributed by atoms with Gasteiger partial charge in [0.2, 0.25) is 0 Å². The van der Waals surface area contributed by atoms with E-state index in [-0.39, 0.29) is 5.88 Å². The van der Waals surface area contributed by atoms with Crippen LogP contribution in [0.15, 0.2) is 42.5 Å². The molecule has 112 valence electrons. The molecule has 0 bridgehead atoms. The second kappa shape index (κ2) is 7.34. The van der Waals surface area contributed by atoms with Crippen LogP contribution in [0.2, 0.25) is 0 Å². The Balaban J connectivity index is 2.01. The molecule has 0 heterocycles. The van der Waals surface area contributed by atoms with Gasteiger partial charge in [-0.05, 0) is 55.3 Å². The summed E-state index contributed by atoms with van der Waals surface area (Å²) in [7, 11) is 0. The summed E-state index contributed by atoms with van der Waals surface area (Å²) < 4.78 is 5.89. The number of benzene rings is 2. The highest BCUT2D eigenvalue weighted by atomic mass is 35.5. The van der Waals surface area contributed by atoms with Crippen molar-refractivity contribution in [2.24, 2.45) is 0 Å². The Morgan fingerprint density at radius 2 is 1.86 bits per heavy atom. The molecule has 0 radical (unpaired) electrons. The molecule has 0 spiro atoms. The normalized spacial score (nSPS) is 12.0. The van der Waals surface area contributed by atoms with Gasteiger partial charge in [0.1, 0.15) is 11.5 Å². The molecule has 0 aliphatic carbocycles. The average Bonchev–Trinajstić information content (AvgIpc) is 2.51. The van der Waals surface area contributed by atoms with E-state index >= 15 is 0 Å². The molecule has 4 heteroatoms. The van der Waals surface area contributed by atoms with E-state index in [0.29, 0.717) is 6.54 Å². The van der Waals surface area contributed by atoms with E-state index in [0.717, 1.165) is 22.7 Å². The van der Waals surface area contributed by atoms with Gasteiger partial charge in [-0.3, -0.25) is 0 Å². The van der Waals surface area contributed by atoms with Crippen molar-refractivity contribution in [2.45, 2.75) is 20.0 Å². The molecule has 1 atom stereocenters. The molecule has 0 aliphatic heterocycles. The highest BCUT2D eigenvalue weighted by Crippen LogP contribution is 2.27. The minimum absolute atomic E-state index is 0.223. The summed E-state index contributed by atoms with van der Waals surface area (Å²) in [5, 5.41) is 12.5. The number of hydrogen-bond acceptors (Lipinski definition) is 3. The number of alkyl halides is 1. The van der Waals surface area contributed by atoms with Gasteiger partial charge < -0.3 is 15.2 Å². The highest BCUT2D eigenvalue weighted by Gasteiger charge is 2.04. The number of nitrogens with one attached hydrogen (secondary N) is 1. The molecule has 0 saturated heterocycles. The summed E-state index contributed by atoms with van der Waals surface area (Å²) in [5.74, 6) is 1.88. The maximum atomic E-state index is 9.41. The molecular formula is C17H20ClNO2. The molecule has 2 aromatic rings. The fourth-order valence-electron chi connectivity index (χ4n) is 1.89. The molecule has 0 saturated carbocycles.